The minimum Gasteiger partial charge on any atom is -0.459 e. The Labute approximate surface area is 139 Å². The van der Waals surface area contributed by atoms with Crippen molar-refractivity contribution >= 4 is 17.9 Å². The van der Waals surface area contributed by atoms with Gasteiger partial charge in [-0.15, -0.1) is 0 Å². The highest BCUT2D eigenvalue weighted by molar-refractivity contribution is 5.83. The molecule has 0 saturated heterocycles. The van der Waals surface area contributed by atoms with E-state index >= 15 is 0 Å². The molecule has 0 amide bonds. The minimum atomic E-state index is -1.22. The Bertz CT molecular complexity index is 524. The molecule has 0 radical (unpaired) electrons. The Balaban J connectivity index is 2.91. The van der Waals surface area contributed by atoms with Gasteiger partial charge in [-0.25, -0.2) is 9.59 Å². The zero-order valence-corrected chi connectivity index (χ0v) is 13.7. The second-order valence-corrected chi connectivity index (χ2v) is 5.49. The Hall–Kier alpha value is -2.19. The van der Waals surface area contributed by atoms with E-state index in [0.29, 0.717) is 0 Å². The van der Waals surface area contributed by atoms with Gasteiger partial charge in [0, 0.05) is 12.2 Å². The molecule has 0 unspecified atom stereocenters. The monoisotopic (exact) mass is 342 g/mol. The van der Waals surface area contributed by atoms with Crippen molar-refractivity contribution in [3.05, 3.63) is 24.3 Å². The smallest absolute Gasteiger partial charge is 0.330 e. The van der Waals surface area contributed by atoms with E-state index in [9.17, 15) is 24.6 Å². The fourth-order valence-electron chi connectivity index (χ4n) is 1.80. The van der Waals surface area contributed by atoms with Gasteiger partial charge in [0.15, 0.2) is 0 Å². The Morgan fingerprint density at radius 2 is 1.29 bits per heavy atom. The number of aliphatic hydroxyl groups is 2. The third-order valence-corrected chi connectivity index (χ3v) is 3.21. The molecule has 2 N–H and O–H groups in total. The molecule has 24 heavy (non-hydrogen) atoms. The molecule has 1 aliphatic heterocycles. The summed E-state index contributed by atoms with van der Waals surface area (Å²) in [5.41, 5.74) is 0. The highest BCUT2D eigenvalue weighted by Crippen LogP contribution is 2.08. The summed E-state index contributed by atoms with van der Waals surface area (Å²) in [6, 6.07) is 0. The van der Waals surface area contributed by atoms with Gasteiger partial charge in [-0.3, -0.25) is 4.79 Å². The molecular weight excluding hydrogens is 320 g/mol. The van der Waals surface area contributed by atoms with Crippen LogP contribution in [0.3, 0.4) is 0 Å². The molecule has 0 spiro atoms. The molecule has 1 heterocycles. The zero-order valence-electron chi connectivity index (χ0n) is 13.7. The highest BCUT2D eigenvalue weighted by atomic mass is 16.6. The second kappa shape index (κ2) is 9.19. The summed E-state index contributed by atoms with van der Waals surface area (Å²) in [5, 5.41) is 19.6. The molecule has 0 saturated carbocycles. The maximum absolute atomic E-state index is 11.7. The molecule has 0 aliphatic carbocycles. The van der Waals surface area contributed by atoms with Crippen LogP contribution in [0.4, 0.5) is 0 Å². The van der Waals surface area contributed by atoms with E-state index in [4.69, 9.17) is 14.2 Å². The average Bonchev–Trinajstić information content (AvgIpc) is 2.48. The average molecular weight is 342 g/mol. The van der Waals surface area contributed by atoms with Gasteiger partial charge in [0.1, 0.15) is 30.5 Å². The van der Waals surface area contributed by atoms with Crippen LogP contribution in [0.2, 0.25) is 0 Å². The molecule has 8 heteroatoms. The van der Waals surface area contributed by atoms with Crippen molar-refractivity contribution in [3.8, 4) is 0 Å². The van der Waals surface area contributed by atoms with Crippen molar-refractivity contribution in [1.29, 1.82) is 0 Å². The van der Waals surface area contributed by atoms with Gasteiger partial charge in [0.2, 0.25) is 0 Å². The number of rotatable bonds is 0. The van der Waals surface area contributed by atoms with Crippen LogP contribution in [-0.2, 0) is 28.6 Å². The largest absolute Gasteiger partial charge is 0.459 e. The molecular formula is C16H22O8. The number of cyclic esters (lactones) is 3. The summed E-state index contributed by atoms with van der Waals surface area (Å²) in [6.07, 6.45) is -0.961. The highest BCUT2D eigenvalue weighted by Gasteiger charge is 2.21. The van der Waals surface area contributed by atoms with Crippen LogP contribution in [0.1, 0.15) is 27.2 Å². The molecule has 0 bridgehead atoms. The van der Waals surface area contributed by atoms with Crippen LogP contribution >= 0.6 is 0 Å². The Morgan fingerprint density at radius 3 is 1.83 bits per heavy atom. The molecule has 0 aromatic carbocycles. The number of ether oxygens (including phenoxy) is 3. The molecule has 0 aromatic heterocycles. The fourth-order valence-corrected chi connectivity index (χ4v) is 1.80. The van der Waals surface area contributed by atoms with E-state index in [2.05, 4.69) is 0 Å². The zero-order chi connectivity index (χ0) is 18.3. The van der Waals surface area contributed by atoms with E-state index < -0.39 is 48.4 Å². The third kappa shape index (κ3) is 6.93. The molecule has 1 aliphatic rings. The van der Waals surface area contributed by atoms with E-state index in [-0.39, 0.29) is 6.42 Å². The SMILES string of the molecule is C[C@@H]1OC(=O)/C=C/[C@@H](O)[C@@H](C)OC(=O)C[C@H](C)OC(=O)/C=C/[C@@H]1O. The predicted molar refractivity (Wildman–Crippen MR) is 81.6 cm³/mol. The van der Waals surface area contributed by atoms with E-state index in [1.165, 1.54) is 20.8 Å². The molecule has 8 nitrogen and oxygen atoms in total. The lowest BCUT2D eigenvalue weighted by Crippen LogP contribution is -2.30. The topological polar surface area (TPSA) is 119 Å². The van der Waals surface area contributed by atoms with Crippen molar-refractivity contribution < 1.29 is 38.8 Å². The lowest BCUT2D eigenvalue weighted by atomic mass is 10.2. The molecule has 1 rings (SSSR count). The van der Waals surface area contributed by atoms with Gasteiger partial charge >= 0.3 is 17.9 Å². The van der Waals surface area contributed by atoms with Crippen molar-refractivity contribution in [2.45, 2.75) is 57.7 Å². The van der Waals surface area contributed by atoms with Crippen LogP contribution in [-0.4, -0.2) is 58.6 Å². The number of hydrogen-bond acceptors (Lipinski definition) is 8. The van der Waals surface area contributed by atoms with Gasteiger partial charge in [-0.1, -0.05) is 0 Å². The summed E-state index contributed by atoms with van der Waals surface area (Å²) < 4.78 is 14.9. The minimum absolute atomic E-state index is 0.193. The fraction of sp³-hybridized carbons (Fsp3) is 0.562. The number of esters is 3. The van der Waals surface area contributed by atoms with E-state index in [1.807, 2.05) is 0 Å². The Kier molecular flexibility index (Phi) is 7.60. The molecule has 0 fully saturated rings. The lowest BCUT2D eigenvalue weighted by molar-refractivity contribution is -0.157. The number of hydrogen-bond donors (Lipinski definition) is 2. The van der Waals surface area contributed by atoms with E-state index in [0.717, 1.165) is 24.3 Å². The normalized spacial score (nSPS) is 36.2. The molecule has 134 valence electrons. The summed E-state index contributed by atoms with van der Waals surface area (Å²) in [7, 11) is 0. The lowest BCUT2D eigenvalue weighted by Gasteiger charge is -2.19. The maximum Gasteiger partial charge on any atom is 0.330 e. The second-order valence-electron chi connectivity index (χ2n) is 5.49. The van der Waals surface area contributed by atoms with Gasteiger partial charge in [-0.2, -0.15) is 0 Å². The van der Waals surface area contributed by atoms with Crippen molar-refractivity contribution in [2.75, 3.05) is 0 Å². The number of carbonyl (C=O) groups excluding carboxylic acids is 3. The van der Waals surface area contributed by atoms with Crippen LogP contribution in [0.5, 0.6) is 0 Å². The first kappa shape index (κ1) is 19.9. The predicted octanol–water partition coefficient (Wildman–Crippen LogP) is 0.0194. The summed E-state index contributed by atoms with van der Waals surface area (Å²) in [5.74, 6) is -2.22. The van der Waals surface area contributed by atoms with Crippen LogP contribution in [0, 0.1) is 0 Å². The van der Waals surface area contributed by atoms with Gasteiger partial charge in [0.05, 0.1) is 6.42 Å². The molecule has 0 aromatic rings. The van der Waals surface area contributed by atoms with Crippen LogP contribution < -0.4 is 0 Å². The summed E-state index contributed by atoms with van der Waals surface area (Å²) in [4.78, 5) is 34.9. The molecule has 5 atom stereocenters. The van der Waals surface area contributed by atoms with Crippen LogP contribution in [0.25, 0.3) is 0 Å². The third-order valence-electron chi connectivity index (χ3n) is 3.21. The van der Waals surface area contributed by atoms with Gasteiger partial charge < -0.3 is 24.4 Å². The Morgan fingerprint density at radius 1 is 0.833 bits per heavy atom. The van der Waals surface area contributed by atoms with Crippen molar-refractivity contribution in [3.63, 3.8) is 0 Å². The standard InChI is InChI=1S/C16H22O8/c1-9-8-16(21)24-11(3)13(18)5-7-15(20)23-10(2)12(17)4-6-14(19)22-9/h4-7,9-13,17-18H,8H2,1-3H3/b6-4+,7-5+/t9-,10-,11+,12-,13+/m0/s1. The first-order chi connectivity index (χ1) is 11.2. The van der Waals surface area contributed by atoms with Crippen molar-refractivity contribution in [1.82, 2.24) is 0 Å². The van der Waals surface area contributed by atoms with Crippen molar-refractivity contribution in [2.24, 2.45) is 0 Å². The first-order valence-electron chi connectivity index (χ1n) is 7.52. The maximum atomic E-state index is 11.7. The van der Waals surface area contributed by atoms with Crippen LogP contribution in [0.15, 0.2) is 24.3 Å². The number of aliphatic hydroxyl groups excluding tert-OH is 2. The quantitative estimate of drug-likeness (QED) is 0.467. The van der Waals surface area contributed by atoms with E-state index in [1.54, 1.807) is 0 Å². The number of carbonyl (C=O) groups is 3. The van der Waals surface area contributed by atoms with Gasteiger partial charge in [0.25, 0.3) is 0 Å². The summed E-state index contributed by atoms with van der Waals surface area (Å²) in [6.45, 7) is 4.41. The first-order valence-corrected chi connectivity index (χ1v) is 7.52. The van der Waals surface area contributed by atoms with Gasteiger partial charge in [-0.05, 0) is 32.9 Å². The summed E-state index contributed by atoms with van der Waals surface area (Å²) >= 11 is 0.